The number of carbonyl (C=O) groups is 7. The molecule has 1 unspecified atom stereocenters. The molecule has 0 radical (unpaired) electrons. The first kappa shape index (κ1) is 46.6. The van der Waals surface area contributed by atoms with E-state index >= 15 is 0 Å². The van der Waals surface area contributed by atoms with E-state index in [1.807, 2.05) is 69.3 Å². The van der Waals surface area contributed by atoms with E-state index in [0.29, 0.717) is 44.2 Å². The highest BCUT2D eigenvalue weighted by molar-refractivity contribution is 14.1. The van der Waals surface area contributed by atoms with Gasteiger partial charge in [-0.05, 0) is 117 Å². The molecule has 0 saturated heterocycles. The number of ketones is 1. The second kappa shape index (κ2) is 20.6. The third-order valence-corrected chi connectivity index (χ3v) is 9.74. The quantitative estimate of drug-likeness (QED) is 0.0506. The highest BCUT2D eigenvalue weighted by Gasteiger charge is 2.43. The van der Waals surface area contributed by atoms with Gasteiger partial charge in [0.1, 0.15) is 0 Å². The second-order valence-electron chi connectivity index (χ2n) is 13.7. The maximum absolute atomic E-state index is 12.0. The molecule has 0 spiro atoms. The maximum Gasteiger partial charge on any atom is 0.346 e. The summed E-state index contributed by atoms with van der Waals surface area (Å²) in [4.78, 5) is 77.8. The van der Waals surface area contributed by atoms with Gasteiger partial charge < -0.3 is 29.9 Å². The van der Waals surface area contributed by atoms with Crippen LogP contribution in [0.4, 0.5) is 0 Å². The summed E-state index contributed by atoms with van der Waals surface area (Å²) in [5.74, 6) is -6.48. The number of esters is 3. The maximum atomic E-state index is 12.0. The van der Waals surface area contributed by atoms with Gasteiger partial charge in [-0.1, -0.05) is 61.6 Å². The van der Waals surface area contributed by atoms with Crippen LogP contribution in [0.5, 0.6) is 0 Å². The predicted octanol–water partition coefficient (Wildman–Crippen LogP) is 8.87. The number of carbonyl (C=O) groups excluding carboxylic acids is 4. The molecular weight excluding hydrogens is 863 g/mol. The molecule has 0 fully saturated rings. The summed E-state index contributed by atoms with van der Waals surface area (Å²) in [7, 11) is 0. The van der Waals surface area contributed by atoms with Crippen molar-refractivity contribution in [1.29, 1.82) is 0 Å². The van der Waals surface area contributed by atoms with Gasteiger partial charge in [-0.25, -0.2) is 28.8 Å². The van der Waals surface area contributed by atoms with E-state index in [2.05, 4.69) is 4.74 Å². The minimum atomic E-state index is -1.41. The van der Waals surface area contributed by atoms with Crippen LogP contribution in [0, 0.1) is 31.3 Å². The van der Waals surface area contributed by atoms with Crippen molar-refractivity contribution in [2.24, 2.45) is 0 Å². The largest absolute Gasteiger partial charge is 0.478 e. The minimum absolute atomic E-state index is 0.0779. The number of unbranched alkanes of at least 4 members (excludes halogenated alkanes) is 2. The monoisotopic (exact) mass is 908 g/mol. The van der Waals surface area contributed by atoms with Crippen LogP contribution in [-0.4, -0.2) is 62.0 Å². The molecule has 4 aromatic rings. The normalized spacial score (nSPS) is 14.5. The van der Waals surface area contributed by atoms with E-state index in [0.717, 1.165) is 47.9 Å². The number of Topliss-reactive ketones (excluding diaryl/α,β-unsaturated/α-hetero) is 1. The van der Waals surface area contributed by atoms with Gasteiger partial charge in [0.25, 0.3) is 0 Å². The third kappa shape index (κ3) is 11.9. The van der Waals surface area contributed by atoms with Crippen molar-refractivity contribution in [2.45, 2.75) is 85.9 Å². The number of aryl methyl sites for hydroxylation is 4. The second-order valence-corrected chi connectivity index (χ2v) is 14.9. The molecule has 6 rings (SSSR count). The van der Waals surface area contributed by atoms with Gasteiger partial charge in [0, 0.05) is 27.5 Å². The molecule has 13 nitrogen and oxygen atoms in total. The number of rotatable bonds is 10. The lowest BCUT2D eigenvalue weighted by atomic mass is 9.96. The van der Waals surface area contributed by atoms with E-state index in [1.54, 1.807) is 49.4 Å². The fourth-order valence-electron chi connectivity index (χ4n) is 5.90. The van der Waals surface area contributed by atoms with Crippen LogP contribution in [0.15, 0.2) is 66.7 Å². The van der Waals surface area contributed by atoms with Gasteiger partial charge in [-0.15, -0.1) is 0 Å². The number of benzene rings is 4. The fraction of sp³-hybridized carbons (Fsp3) is 0.295. The van der Waals surface area contributed by atoms with Gasteiger partial charge in [0.05, 0.1) is 33.4 Å². The SMILES string of the molecule is CCCCC(=O)c1cc(C)cc(I)c1C(=O)O.CCCCC1(O)OC(=O)c2ccc(C)cc21.Cc1ccc(C(=O)O)c(C(=O)O)c1.Cc1ccc2c(c1)C(=O)OC2=O. The molecule has 2 heterocycles. The van der Waals surface area contributed by atoms with E-state index in [4.69, 9.17) is 20.1 Å². The van der Waals surface area contributed by atoms with Crippen molar-refractivity contribution < 1.29 is 63.5 Å². The Bertz CT molecular complexity index is 2260. The molecule has 4 N–H and O–H groups in total. The Labute approximate surface area is 349 Å². The Morgan fingerprint density at radius 2 is 1.14 bits per heavy atom. The molecule has 2 aliphatic rings. The van der Waals surface area contributed by atoms with E-state index in [-0.39, 0.29) is 22.5 Å². The zero-order valence-corrected chi connectivity index (χ0v) is 35.1. The topological polar surface area (TPSA) is 219 Å². The Kier molecular flexibility index (Phi) is 16.6. The van der Waals surface area contributed by atoms with Gasteiger partial charge in [0.15, 0.2) is 5.78 Å². The number of carboxylic acid groups (broad SMARTS) is 3. The molecule has 0 aliphatic carbocycles. The summed E-state index contributed by atoms with van der Waals surface area (Å²) >= 11 is 1.96. The number of hydrogen-bond acceptors (Lipinski definition) is 10. The average molecular weight is 909 g/mol. The van der Waals surface area contributed by atoms with Gasteiger partial charge >= 0.3 is 35.8 Å². The molecule has 4 aromatic carbocycles. The Hall–Kier alpha value is -5.74. The van der Waals surface area contributed by atoms with Gasteiger partial charge in [-0.3, -0.25) is 4.79 Å². The first-order chi connectivity index (χ1) is 27.2. The molecular formula is C44H45IO13. The summed E-state index contributed by atoms with van der Waals surface area (Å²) in [5.41, 5.74) is 5.58. The van der Waals surface area contributed by atoms with Gasteiger partial charge in [0.2, 0.25) is 5.79 Å². The lowest BCUT2D eigenvalue weighted by Gasteiger charge is -2.22. The number of cyclic esters (lactones) is 3. The summed E-state index contributed by atoms with van der Waals surface area (Å²) in [6.07, 6.45) is 4.39. The van der Waals surface area contributed by atoms with E-state index < -0.39 is 41.6 Å². The number of fused-ring (bicyclic) bond motifs is 2. The van der Waals surface area contributed by atoms with Gasteiger partial charge in [-0.2, -0.15) is 0 Å². The van der Waals surface area contributed by atoms with Crippen molar-refractivity contribution >= 4 is 64.2 Å². The highest BCUT2D eigenvalue weighted by Crippen LogP contribution is 2.38. The van der Waals surface area contributed by atoms with Crippen molar-refractivity contribution in [2.75, 3.05) is 0 Å². The Balaban J connectivity index is 0.000000209. The summed E-state index contributed by atoms with van der Waals surface area (Å²) < 4.78 is 10.1. The molecule has 0 saturated carbocycles. The number of hydrogen-bond donors (Lipinski definition) is 4. The van der Waals surface area contributed by atoms with Crippen LogP contribution in [0.2, 0.25) is 0 Å². The third-order valence-electron chi connectivity index (χ3n) is 8.89. The summed E-state index contributed by atoms with van der Waals surface area (Å²) in [5, 5.41) is 36.8. The van der Waals surface area contributed by atoms with Crippen LogP contribution in [0.3, 0.4) is 0 Å². The van der Waals surface area contributed by atoms with Crippen molar-refractivity contribution in [1.82, 2.24) is 0 Å². The minimum Gasteiger partial charge on any atom is -0.478 e. The lowest BCUT2D eigenvalue weighted by molar-refractivity contribution is -0.168. The smallest absolute Gasteiger partial charge is 0.346 e. The molecule has 14 heteroatoms. The Morgan fingerprint density at radius 3 is 1.72 bits per heavy atom. The molecule has 0 aromatic heterocycles. The zero-order chi connectivity index (χ0) is 43.5. The first-order valence-electron chi connectivity index (χ1n) is 18.3. The number of halogens is 1. The Morgan fingerprint density at radius 1 is 0.603 bits per heavy atom. The van der Waals surface area contributed by atoms with Crippen molar-refractivity contribution in [3.63, 3.8) is 0 Å². The first-order valence-corrected chi connectivity index (χ1v) is 19.4. The number of ether oxygens (including phenoxy) is 2. The van der Waals surface area contributed by atoms with Crippen LogP contribution in [0.1, 0.15) is 153 Å². The molecule has 1 atom stereocenters. The molecule has 0 amide bonds. The van der Waals surface area contributed by atoms with E-state index in [1.165, 1.54) is 12.1 Å². The molecule has 306 valence electrons. The average Bonchev–Trinajstić information content (AvgIpc) is 3.58. The standard InChI is InChI=1S/C13H15IO3.C13H16O3.C9H8O4.C9H6O3/c1-3-4-5-11(15)9-6-8(2)7-10(14)12(9)13(16)17;1-3-4-7-13(15)11-8-9(2)5-6-10(11)12(14)16-13;1-5-2-3-6(8(10)11)7(4-5)9(12)13;1-5-2-3-6-7(4-5)9(11)12-8(6)10/h6-7H,3-5H2,1-2H3,(H,16,17);5-6,8,15H,3-4,7H2,1-2H3;2-4H,1H3,(H,10,11)(H,12,13);2-4H,1H3. The lowest BCUT2D eigenvalue weighted by Crippen LogP contribution is -2.25. The summed E-state index contributed by atoms with van der Waals surface area (Å²) in [6.45, 7) is 11.4. The zero-order valence-electron chi connectivity index (χ0n) is 32.9. The molecule has 2 aliphatic heterocycles. The fourth-order valence-corrected chi connectivity index (χ4v) is 6.91. The molecule has 58 heavy (non-hydrogen) atoms. The van der Waals surface area contributed by atoms with Crippen molar-refractivity contribution in [3.05, 3.63) is 137 Å². The van der Waals surface area contributed by atoms with Crippen LogP contribution in [0.25, 0.3) is 0 Å². The van der Waals surface area contributed by atoms with Crippen LogP contribution in [-0.2, 0) is 15.3 Å². The van der Waals surface area contributed by atoms with E-state index in [9.17, 15) is 38.7 Å². The highest BCUT2D eigenvalue weighted by atomic mass is 127. The summed E-state index contributed by atoms with van der Waals surface area (Å²) in [6, 6.07) is 18.1. The van der Waals surface area contributed by atoms with Crippen molar-refractivity contribution in [3.8, 4) is 0 Å². The van der Waals surface area contributed by atoms with Crippen LogP contribution >= 0.6 is 22.6 Å². The molecule has 0 bridgehead atoms. The predicted molar refractivity (Wildman–Crippen MR) is 221 cm³/mol. The number of carboxylic acids is 3. The number of aromatic carboxylic acids is 3. The van der Waals surface area contributed by atoms with Crippen LogP contribution < -0.4 is 0 Å². The number of aliphatic hydroxyl groups is 1.